The van der Waals surface area contributed by atoms with Crippen molar-refractivity contribution in [3.8, 4) is 0 Å². The predicted octanol–water partition coefficient (Wildman–Crippen LogP) is 4.20. The number of hydrogen-bond acceptors (Lipinski definition) is 2. The molecule has 1 rings (SSSR count). The molecule has 114 valence electrons. The number of nitrogens with one attached hydrogen (secondary N) is 1. The molecule has 20 heavy (non-hydrogen) atoms. The summed E-state index contributed by atoms with van der Waals surface area (Å²) in [7, 11) is 0. The zero-order valence-electron chi connectivity index (χ0n) is 12.6. The molecule has 0 bridgehead atoms. The molecular weight excluding hydrogens is 277 g/mol. The molecule has 2 unspecified atom stereocenters. The first kappa shape index (κ1) is 17.4. The van der Waals surface area contributed by atoms with E-state index in [0.717, 1.165) is 31.4 Å². The molecule has 1 aromatic carbocycles. The third kappa shape index (κ3) is 5.39. The van der Waals surface area contributed by atoms with E-state index in [1.807, 2.05) is 13.0 Å². The van der Waals surface area contributed by atoms with Gasteiger partial charge in [0.15, 0.2) is 0 Å². The van der Waals surface area contributed by atoms with E-state index < -0.39 is 0 Å². The molecule has 0 radical (unpaired) electrons. The standard InChI is InChI=1S/C16H25ClFNO/c1-4-9-19-15(16(5-2)20-6-3)11-12-7-8-13(17)14(18)10-12/h7-8,10,15-16,19H,4-6,9,11H2,1-3H3. The third-order valence-electron chi connectivity index (χ3n) is 3.33. The van der Waals surface area contributed by atoms with E-state index in [-0.39, 0.29) is 23.0 Å². The van der Waals surface area contributed by atoms with Crippen molar-refractivity contribution in [3.05, 3.63) is 34.6 Å². The molecule has 0 heterocycles. The molecule has 4 heteroatoms. The van der Waals surface area contributed by atoms with E-state index in [9.17, 15) is 4.39 Å². The molecule has 0 aliphatic carbocycles. The van der Waals surface area contributed by atoms with Crippen molar-refractivity contribution >= 4 is 11.6 Å². The van der Waals surface area contributed by atoms with E-state index in [1.54, 1.807) is 6.07 Å². The highest BCUT2D eigenvalue weighted by Gasteiger charge is 2.20. The van der Waals surface area contributed by atoms with Crippen molar-refractivity contribution in [1.29, 1.82) is 0 Å². The van der Waals surface area contributed by atoms with Crippen molar-refractivity contribution in [2.45, 2.75) is 52.2 Å². The molecule has 0 aliphatic heterocycles. The molecule has 0 aromatic heterocycles. The van der Waals surface area contributed by atoms with Gasteiger partial charge in [-0.05, 0) is 50.4 Å². The van der Waals surface area contributed by atoms with Crippen LogP contribution in [0.1, 0.15) is 39.2 Å². The van der Waals surface area contributed by atoms with Gasteiger partial charge in [0.1, 0.15) is 5.82 Å². The van der Waals surface area contributed by atoms with E-state index in [2.05, 4.69) is 19.2 Å². The summed E-state index contributed by atoms with van der Waals surface area (Å²) in [6.45, 7) is 7.88. The number of benzene rings is 1. The molecule has 1 aromatic rings. The van der Waals surface area contributed by atoms with Crippen LogP contribution >= 0.6 is 11.6 Å². The minimum Gasteiger partial charge on any atom is -0.377 e. The van der Waals surface area contributed by atoms with E-state index in [0.29, 0.717) is 6.61 Å². The largest absolute Gasteiger partial charge is 0.377 e. The van der Waals surface area contributed by atoms with Crippen LogP contribution in [-0.4, -0.2) is 25.3 Å². The van der Waals surface area contributed by atoms with Crippen LogP contribution in [0.15, 0.2) is 18.2 Å². The summed E-state index contributed by atoms with van der Waals surface area (Å²) in [5.41, 5.74) is 0.943. The number of rotatable bonds is 9. The molecule has 0 saturated heterocycles. The lowest BCUT2D eigenvalue weighted by Crippen LogP contribution is -2.43. The summed E-state index contributed by atoms with van der Waals surface area (Å²) in [5, 5.41) is 3.68. The lowest BCUT2D eigenvalue weighted by molar-refractivity contribution is 0.0319. The SMILES string of the molecule is CCCNC(Cc1ccc(Cl)c(F)c1)C(CC)OCC. The van der Waals surface area contributed by atoms with Crippen LogP contribution in [-0.2, 0) is 11.2 Å². The maximum Gasteiger partial charge on any atom is 0.142 e. The van der Waals surface area contributed by atoms with Crippen LogP contribution in [0.2, 0.25) is 5.02 Å². The summed E-state index contributed by atoms with van der Waals surface area (Å²) < 4.78 is 19.3. The fourth-order valence-corrected chi connectivity index (χ4v) is 2.44. The Morgan fingerprint density at radius 2 is 2.05 bits per heavy atom. The maximum absolute atomic E-state index is 13.5. The van der Waals surface area contributed by atoms with Gasteiger partial charge < -0.3 is 10.1 Å². The molecule has 1 N–H and O–H groups in total. The van der Waals surface area contributed by atoms with Crippen LogP contribution in [0, 0.1) is 5.82 Å². The average Bonchev–Trinajstić information content (AvgIpc) is 2.45. The first-order valence-electron chi connectivity index (χ1n) is 7.41. The van der Waals surface area contributed by atoms with Crippen LogP contribution in [0.4, 0.5) is 4.39 Å². The second-order valence-electron chi connectivity index (χ2n) is 4.92. The van der Waals surface area contributed by atoms with Crippen molar-refractivity contribution in [2.24, 2.45) is 0 Å². The topological polar surface area (TPSA) is 21.3 Å². The first-order chi connectivity index (χ1) is 9.62. The Hall–Kier alpha value is -0.640. The maximum atomic E-state index is 13.5. The Labute approximate surface area is 126 Å². The fourth-order valence-electron chi connectivity index (χ4n) is 2.32. The lowest BCUT2D eigenvalue weighted by atomic mass is 9.99. The summed E-state index contributed by atoms with van der Waals surface area (Å²) >= 11 is 5.73. The Morgan fingerprint density at radius 1 is 1.30 bits per heavy atom. The minimum atomic E-state index is -0.358. The third-order valence-corrected chi connectivity index (χ3v) is 3.63. The second kappa shape index (κ2) is 9.32. The Morgan fingerprint density at radius 3 is 2.60 bits per heavy atom. The molecule has 2 nitrogen and oxygen atoms in total. The molecule has 0 aliphatic rings. The monoisotopic (exact) mass is 301 g/mol. The van der Waals surface area contributed by atoms with Crippen molar-refractivity contribution in [2.75, 3.05) is 13.2 Å². The Balaban J connectivity index is 2.78. The molecule has 0 fully saturated rings. The van der Waals surface area contributed by atoms with E-state index in [4.69, 9.17) is 16.3 Å². The Kier molecular flexibility index (Phi) is 8.12. The number of ether oxygens (including phenoxy) is 1. The molecular formula is C16H25ClFNO. The predicted molar refractivity (Wildman–Crippen MR) is 82.9 cm³/mol. The van der Waals surface area contributed by atoms with Gasteiger partial charge in [0, 0.05) is 12.6 Å². The highest BCUT2D eigenvalue weighted by molar-refractivity contribution is 6.30. The minimum absolute atomic E-state index is 0.144. The molecule has 0 amide bonds. The van der Waals surface area contributed by atoms with Crippen LogP contribution in [0.25, 0.3) is 0 Å². The number of hydrogen-bond donors (Lipinski definition) is 1. The normalized spacial score (nSPS) is 14.2. The first-order valence-corrected chi connectivity index (χ1v) is 7.79. The zero-order chi connectivity index (χ0) is 15.0. The summed E-state index contributed by atoms with van der Waals surface area (Å²) in [6.07, 6.45) is 2.89. The molecule has 0 spiro atoms. The fraction of sp³-hybridized carbons (Fsp3) is 0.625. The van der Waals surface area contributed by atoms with Crippen molar-refractivity contribution in [1.82, 2.24) is 5.32 Å². The quantitative estimate of drug-likeness (QED) is 0.738. The average molecular weight is 302 g/mol. The van der Waals surface area contributed by atoms with Gasteiger partial charge >= 0.3 is 0 Å². The number of halogens is 2. The highest BCUT2D eigenvalue weighted by Crippen LogP contribution is 2.18. The van der Waals surface area contributed by atoms with Gasteiger partial charge in [0.2, 0.25) is 0 Å². The van der Waals surface area contributed by atoms with Gasteiger partial charge in [0.25, 0.3) is 0 Å². The summed E-state index contributed by atoms with van der Waals surface area (Å²) in [4.78, 5) is 0. The van der Waals surface area contributed by atoms with E-state index >= 15 is 0 Å². The highest BCUT2D eigenvalue weighted by atomic mass is 35.5. The molecule has 2 atom stereocenters. The van der Waals surface area contributed by atoms with E-state index in [1.165, 1.54) is 6.07 Å². The van der Waals surface area contributed by atoms with Gasteiger partial charge in [-0.3, -0.25) is 0 Å². The van der Waals surface area contributed by atoms with Crippen molar-refractivity contribution < 1.29 is 9.13 Å². The van der Waals surface area contributed by atoms with Gasteiger partial charge in [-0.25, -0.2) is 4.39 Å². The van der Waals surface area contributed by atoms with Crippen LogP contribution in [0.3, 0.4) is 0 Å². The van der Waals surface area contributed by atoms with Crippen LogP contribution in [0.5, 0.6) is 0 Å². The van der Waals surface area contributed by atoms with Gasteiger partial charge in [0.05, 0.1) is 11.1 Å². The van der Waals surface area contributed by atoms with Gasteiger partial charge in [-0.1, -0.05) is 31.5 Å². The second-order valence-corrected chi connectivity index (χ2v) is 5.32. The Bertz CT molecular complexity index is 400. The summed E-state index contributed by atoms with van der Waals surface area (Å²) in [6, 6.07) is 5.21. The van der Waals surface area contributed by atoms with Crippen molar-refractivity contribution in [3.63, 3.8) is 0 Å². The summed E-state index contributed by atoms with van der Waals surface area (Å²) in [5.74, 6) is -0.358. The zero-order valence-corrected chi connectivity index (χ0v) is 13.3. The smallest absolute Gasteiger partial charge is 0.142 e. The lowest BCUT2D eigenvalue weighted by Gasteiger charge is -2.27. The van der Waals surface area contributed by atoms with Gasteiger partial charge in [-0.15, -0.1) is 0 Å². The van der Waals surface area contributed by atoms with Crippen LogP contribution < -0.4 is 5.32 Å². The van der Waals surface area contributed by atoms with Gasteiger partial charge in [-0.2, -0.15) is 0 Å². The molecule has 0 saturated carbocycles.